The van der Waals surface area contributed by atoms with Crippen LogP contribution in [0, 0.1) is 0 Å². The molecule has 0 aromatic heterocycles. The molecular formula is C19H21NO4. The Morgan fingerprint density at radius 1 is 1.00 bits per heavy atom. The first-order chi connectivity index (χ1) is 11.3. The van der Waals surface area contributed by atoms with Crippen LogP contribution in [0.3, 0.4) is 0 Å². The zero-order chi connectivity index (χ0) is 17.7. The van der Waals surface area contributed by atoms with Gasteiger partial charge in [-0.05, 0) is 37.5 Å². The van der Waals surface area contributed by atoms with Crippen LogP contribution in [0.2, 0.25) is 0 Å². The maximum Gasteiger partial charge on any atom is 0.408 e. The third kappa shape index (κ3) is 4.35. The van der Waals surface area contributed by atoms with Gasteiger partial charge in [-0.25, -0.2) is 4.79 Å². The highest BCUT2D eigenvalue weighted by Crippen LogP contribution is 2.27. The van der Waals surface area contributed by atoms with Crippen LogP contribution in [0.25, 0.3) is 11.1 Å². The molecule has 0 saturated heterocycles. The van der Waals surface area contributed by atoms with Gasteiger partial charge in [0, 0.05) is 0 Å². The number of carbonyl (C=O) groups excluding carboxylic acids is 1. The molecule has 5 heteroatoms. The smallest absolute Gasteiger partial charge is 0.408 e. The van der Waals surface area contributed by atoms with Gasteiger partial charge in [0.2, 0.25) is 0 Å². The topological polar surface area (TPSA) is 75.6 Å². The fourth-order valence-electron chi connectivity index (χ4n) is 2.25. The number of benzene rings is 2. The normalized spacial score (nSPS) is 12.3. The van der Waals surface area contributed by atoms with Gasteiger partial charge in [0.15, 0.2) is 0 Å². The van der Waals surface area contributed by atoms with E-state index in [1.807, 2.05) is 54.6 Å². The van der Waals surface area contributed by atoms with Crippen LogP contribution in [-0.2, 0) is 15.1 Å². The molecule has 0 radical (unpaired) electrons. The number of aliphatic carboxylic acids is 1. The first-order valence-electron chi connectivity index (χ1n) is 7.68. The Morgan fingerprint density at radius 3 is 2.08 bits per heavy atom. The van der Waals surface area contributed by atoms with Crippen LogP contribution in [-0.4, -0.2) is 23.2 Å². The summed E-state index contributed by atoms with van der Waals surface area (Å²) < 4.78 is 5.38. The number of hydrogen-bond donors (Lipinski definition) is 2. The average molecular weight is 327 g/mol. The summed E-state index contributed by atoms with van der Waals surface area (Å²) in [5.74, 6) is -1.11. The highest BCUT2D eigenvalue weighted by molar-refractivity contribution is 5.79. The van der Waals surface area contributed by atoms with Crippen molar-refractivity contribution in [3.05, 3.63) is 60.2 Å². The summed E-state index contributed by atoms with van der Waals surface area (Å²) in [6, 6.07) is 16.7. The molecule has 126 valence electrons. The monoisotopic (exact) mass is 327 g/mol. The lowest BCUT2D eigenvalue weighted by Crippen LogP contribution is -2.41. The Labute approximate surface area is 141 Å². The Balaban J connectivity index is 2.09. The number of carbonyl (C=O) groups is 2. The predicted octanol–water partition coefficient (Wildman–Crippen LogP) is 3.79. The number of rotatable bonds is 5. The Hall–Kier alpha value is -2.82. The average Bonchev–Trinajstić information content (AvgIpc) is 2.55. The molecule has 0 saturated carbocycles. The second kappa shape index (κ2) is 7.17. The lowest BCUT2D eigenvalue weighted by atomic mass is 9.95. The molecule has 0 bridgehead atoms. The van der Waals surface area contributed by atoms with Crippen molar-refractivity contribution >= 4 is 12.1 Å². The molecule has 24 heavy (non-hydrogen) atoms. The van der Waals surface area contributed by atoms with Gasteiger partial charge < -0.3 is 15.2 Å². The molecule has 5 nitrogen and oxygen atoms in total. The Morgan fingerprint density at radius 2 is 1.54 bits per heavy atom. The summed E-state index contributed by atoms with van der Waals surface area (Å²) >= 11 is 0. The van der Waals surface area contributed by atoms with E-state index >= 15 is 0 Å². The van der Waals surface area contributed by atoms with Gasteiger partial charge in [-0.15, -0.1) is 0 Å². The van der Waals surface area contributed by atoms with Gasteiger partial charge in [0.05, 0.1) is 0 Å². The molecule has 0 heterocycles. The molecule has 0 aliphatic heterocycles. The number of ether oxygens (including phenoxy) is 1. The molecule has 2 rings (SSSR count). The van der Waals surface area contributed by atoms with Crippen molar-refractivity contribution in [1.29, 1.82) is 0 Å². The molecule has 2 N–H and O–H groups in total. The number of nitrogens with one attached hydrogen (secondary N) is 1. The molecule has 0 aliphatic carbocycles. The van der Waals surface area contributed by atoms with E-state index in [0.29, 0.717) is 0 Å². The second-order valence-corrected chi connectivity index (χ2v) is 6.05. The standard InChI is InChI=1S/C19H21NO4/c1-13(17(21)22)20-18(23)24-19(2,3)16-11-9-15(10-12-16)14-7-5-4-6-8-14/h4-13H,1-3H3,(H,20,23)(H,21,22). The molecule has 0 aliphatic rings. The van der Waals surface area contributed by atoms with Crippen molar-refractivity contribution in [2.45, 2.75) is 32.4 Å². The number of hydrogen-bond acceptors (Lipinski definition) is 3. The molecule has 2 aromatic carbocycles. The molecule has 0 fully saturated rings. The minimum absolute atomic E-state index is 0.762. The van der Waals surface area contributed by atoms with Crippen molar-refractivity contribution in [3.8, 4) is 11.1 Å². The van der Waals surface area contributed by atoms with Crippen LogP contribution in [0.1, 0.15) is 26.3 Å². The van der Waals surface area contributed by atoms with Crippen LogP contribution < -0.4 is 5.32 Å². The van der Waals surface area contributed by atoms with E-state index in [4.69, 9.17) is 9.84 Å². The second-order valence-electron chi connectivity index (χ2n) is 6.05. The third-order valence-corrected chi connectivity index (χ3v) is 3.74. The summed E-state index contributed by atoms with van der Waals surface area (Å²) in [5.41, 5.74) is 2.12. The molecule has 2 aromatic rings. The molecular weight excluding hydrogens is 306 g/mol. The predicted molar refractivity (Wildman–Crippen MR) is 91.6 cm³/mol. The van der Waals surface area contributed by atoms with Crippen molar-refractivity contribution in [1.82, 2.24) is 5.32 Å². The first-order valence-corrected chi connectivity index (χ1v) is 7.68. The lowest BCUT2D eigenvalue weighted by Gasteiger charge is -2.26. The highest BCUT2D eigenvalue weighted by atomic mass is 16.6. The third-order valence-electron chi connectivity index (χ3n) is 3.74. The maximum atomic E-state index is 11.8. The minimum atomic E-state index is -1.11. The van der Waals surface area contributed by atoms with Gasteiger partial charge in [-0.3, -0.25) is 4.79 Å². The van der Waals surface area contributed by atoms with Crippen LogP contribution in [0.15, 0.2) is 54.6 Å². The van der Waals surface area contributed by atoms with Crippen molar-refractivity contribution in [2.24, 2.45) is 0 Å². The Kier molecular flexibility index (Phi) is 5.24. The van der Waals surface area contributed by atoms with Gasteiger partial charge in [0.25, 0.3) is 0 Å². The van der Waals surface area contributed by atoms with Gasteiger partial charge in [-0.2, -0.15) is 0 Å². The Bertz CT molecular complexity index is 708. The summed E-state index contributed by atoms with van der Waals surface area (Å²) in [5, 5.41) is 11.1. The van der Waals surface area contributed by atoms with Crippen molar-refractivity contribution in [2.75, 3.05) is 0 Å². The van der Waals surface area contributed by atoms with Crippen molar-refractivity contribution in [3.63, 3.8) is 0 Å². The van der Waals surface area contributed by atoms with Gasteiger partial charge in [0.1, 0.15) is 11.6 Å². The van der Waals surface area contributed by atoms with Crippen molar-refractivity contribution < 1.29 is 19.4 Å². The van der Waals surface area contributed by atoms with E-state index in [1.54, 1.807) is 13.8 Å². The quantitative estimate of drug-likeness (QED) is 0.876. The summed E-state index contributed by atoms with van der Waals surface area (Å²) in [6.45, 7) is 4.90. The number of alkyl carbamates (subject to hydrolysis) is 1. The van der Waals surface area contributed by atoms with E-state index in [-0.39, 0.29) is 0 Å². The van der Waals surface area contributed by atoms with E-state index in [2.05, 4.69) is 5.32 Å². The molecule has 0 spiro atoms. The van der Waals surface area contributed by atoms with E-state index in [0.717, 1.165) is 16.7 Å². The largest absolute Gasteiger partial charge is 0.480 e. The number of carboxylic acid groups (broad SMARTS) is 1. The van der Waals surface area contributed by atoms with Crippen LogP contribution >= 0.6 is 0 Å². The molecule has 1 atom stereocenters. The first kappa shape index (κ1) is 17.5. The fraction of sp³-hybridized carbons (Fsp3) is 0.263. The molecule has 1 amide bonds. The summed E-state index contributed by atoms with van der Waals surface area (Å²) in [6.07, 6.45) is -0.762. The number of carboxylic acids is 1. The van der Waals surface area contributed by atoms with E-state index in [1.165, 1.54) is 6.92 Å². The molecule has 1 unspecified atom stereocenters. The zero-order valence-corrected chi connectivity index (χ0v) is 13.9. The minimum Gasteiger partial charge on any atom is -0.480 e. The highest BCUT2D eigenvalue weighted by Gasteiger charge is 2.27. The lowest BCUT2D eigenvalue weighted by molar-refractivity contribution is -0.139. The van der Waals surface area contributed by atoms with Gasteiger partial charge >= 0.3 is 12.1 Å². The SMILES string of the molecule is CC(NC(=O)OC(C)(C)c1ccc(-c2ccccc2)cc1)C(=O)O. The zero-order valence-electron chi connectivity index (χ0n) is 13.9. The summed E-state index contributed by atoms with van der Waals surface area (Å²) in [4.78, 5) is 22.6. The number of amides is 1. The summed E-state index contributed by atoms with van der Waals surface area (Å²) in [7, 11) is 0. The van der Waals surface area contributed by atoms with Crippen LogP contribution in [0.4, 0.5) is 4.79 Å². The maximum absolute atomic E-state index is 11.8. The van der Waals surface area contributed by atoms with Crippen LogP contribution in [0.5, 0.6) is 0 Å². The van der Waals surface area contributed by atoms with E-state index in [9.17, 15) is 9.59 Å². The van der Waals surface area contributed by atoms with Gasteiger partial charge in [-0.1, -0.05) is 54.6 Å². The fourth-order valence-corrected chi connectivity index (χ4v) is 2.25. The van der Waals surface area contributed by atoms with E-state index < -0.39 is 23.7 Å².